The number of carboxylic acids is 3. The van der Waals surface area contributed by atoms with Crippen LogP contribution in [-0.4, -0.2) is 133 Å². The van der Waals surface area contributed by atoms with Crippen LogP contribution in [0.2, 0.25) is 0 Å². The van der Waals surface area contributed by atoms with Crippen LogP contribution >= 0.6 is 0 Å². The van der Waals surface area contributed by atoms with Crippen molar-refractivity contribution in [2.24, 2.45) is 50.2 Å². The summed E-state index contributed by atoms with van der Waals surface area (Å²) in [5, 5.41) is 83.0. The standard InChI is InChI=1S/C42H62O16/c1-37(2)21-9-11-41(6)22(8-7-19-20-17-39(4,36(53)54)14-13-38(20,3)15-16-40(19,41)5)42(21,18-43)12-10-23(37)55-35-31(27(47)26(46)30(57-35)33(51)52)58-34-28(48)24(44)25(45)29(56-34)32(49)50/h7,18,20-31,34-35,44-48H,8-17H2,1-6H3,(H,49,50)(H,51,52)(H,53,54)/t20-,21-,22-,23-,24-,25-,26-,27-,28+,29-,30-,31+,34-,35+,38+,39-,40+,41+,42+/m0/s1. The van der Waals surface area contributed by atoms with E-state index >= 15 is 0 Å². The Bertz CT molecular complexity index is 1700. The van der Waals surface area contributed by atoms with Gasteiger partial charge in [-0.25, -0.2) is 9.59 Å². The van der Waals surface area contributed by atoms with Gasteiger partial charge >= 0.3 is 17.9 Å². The summed E-state index contributed by atoms with van der Waals surface area (Å²) >= 11 is 0. The summed E-state index contributed by atoms with van der Waals surface area (Å²) in [7, 11) is 0. The zero-order valence-electron chi connectivity index (χ0n) is 34.2. The maximum absolute atomic E-state index is 13.8. The van der Waals surface area contributed by atoms with E-state index in [0.717, 1.165) is 32.0 Å². The third kappa shape index (κ3) is 6.25. The number of aliphatic carboxylic acids is 3. The maximum Gasteiger partial charge on any atom is 0.335 e. The Labute approximate surface area is 337 Å². The van der Waals surface area contributed by atoms with Crippen molar-refractivity contribution in [1.29, 1.82) is 0 Å². The third-order valence-corrected chi connectivity index (χ3v) is 17.3. The van der Waals surface area contributed by atoms with E-state index < -0.39 is 102 Å². The Morgan fingerprint density at radius 1 is 0.707 bits per heavy atom. The van der Waals surface area contributed by atoms with E-state index in [9.17, 15) is 60.0 Å². The summed E-state index contributed by atoms with van der Waals surface area (Å²) < 4.78 is 23.4. The Hall–Kier alpha value is -2.54. The molecule has 8 N–H and O–H groups in total. The second-order valence-electron chi connectivity index (χ2n) is 20.4. The molecule has 0 amide bonds. The highest BCUT2D eigenvalue weighted by Gasteiger charge is 2.70. The van der Waals surface area contributed by atoms with Gasteiger partial charge in [0.15, 0.2) is 24.8 Å². The second-order valence-corrected chi connectivity index (χ2v) is 20.4. The summed E-state index contributed by atoms with van der Waals surface area (Å²) in [6, 6.07) is 0. The van der Waals surface area contributed by atoms with Gasteiger partial charge in [0.1, 0.15) is 42.9 Å². The first-order valence-electron chi connectivity index (χ1n) is 20.8. The fraction of sp³-hybridized carbons (Fsp3) is 0.857. The first-order chi connectivity index (χ1) is 26.9. The number of aliphatic hydroxyl groups excluding tert-OH is 5. The van der Waals surface area contributed by atoms with Crippen LogP contribution in [0.25, 0.3) is 0 Å². The molecule has 16 heteroatoms. The minimum Gasteiger partial charge on any atom is -0.481 e. The second kappa shape index (κ2) is 14.5. The van der Waals surface area contributed by atoms with Crippen LogP contribution in [0.5, 0.6) is 0 Å². The monoisotopic (exact) mass is 822 g/mol. The molecule has 19 atom stereocenters. The first kappa shape index (κ1) is 43.5. The Kier molecular flexibility index (Phi) is 10.9. The Balaban J connectivity index is 1.17. The van der Waals surface area contributed by atoms with Crippen LogP contribution in [0.3, 0.4) is 0 Å². The van der Waals surface area contributed by atoms with E-state index in [1.807, 2.05) is 20.8 Å². The van der Waals surface area contributed by atoms with Gasteiger partial charge in [-0.3, -0.25) is 4.79 Å². The lowest BCUT2D eigenvalue weighted by atomic mass is 9.33. The summed E-state index contributed by atoms with van der Waals surface area (Å²) in [4.78, 5) is 50.3. The molecule has 0 aromatic rings. The Morgan fingerprint density at radius 3 is 1.91 bits per heavy atom. The molecule has 0 radical (unpaired) electrons. The smallest absolute Gasteiger partial charge is 0.335 e. The van der Waals surface area contributed by atoms with Crippen LogP contribution in [0.15, 0.2) is 11.6 Å². The van der Waals surface area contributed by atoms with E-state index in [1.165, 1.54) is 5.57 Å². The number of hydrogen-bond donors (Lipinski definition) is 8. The molecule has 7 aliphatic rings. The quantitative estimate of drug-likeness (QED) is 0.0991. The molecule has 7 rings (SSSR count). The molecule has 58 heavy (non-hydrogen) atoms. The molecule has 0 unspecified atom stereocenters. The van der Waals surface area contributed by atoms with Gasteiger partial charge in [0.2, 0.25) is 0 Å². The van der Waals surface area contributed by atoms with Crippen molar-refractivity contribution >= 4 is 24.2 Å². The molecule has 0 aromatic heterocycles. The number of aldehydes is 1. The van der Waals surface area contributed by atoms with Gasteiger partial charge in [-0.2, -0.15) is 0 Å². The minimum atomic E-state index is -2.05. The van der Waals surface area contributed by atoms with Crippen LogP contribution < -0.4 is 0 Å². The summed E-state index contributed by atoms with van der Waals surface area (Å²) in [5.74, 6) is -4.15. The van der Waals surface area contributed by atoms with Gasteiger partial charge in [-0.05, 0) is 111 Å². The number of fused-ring (bicyclic) bond motifs is 7. The average molecular weight is 823 g/mol. The predicted molar refractivity (Wildman–Crippen MR) is 199 cm³/mol. The molecule has 326 valence electrons. The van der Waals surface area contributed by atoms with E-state index in [0.29, 0.717) is 38.5 Å². The number of ether oxygens (including phenoxy) is 4. The average Bonchev–Trinajstić information content (AvgIpc) is 3.15. The van der Waals surface area contributed by atoms with Gasteiger partial charge in [0, 0.05) is 5.41 Å². The highest BCUT2D eigenvalue weighted by atomic mass is 16.8. The van der Waals surface area contributed by atoms with Crippen LogP contribution in [-0.2, 0) is 38.1 Å². The SMILES string of the molecule is CC1(C)[C@@H](O[C@@H]2O[C@H](C(=O)O)[C@@H](O)[C@H](O)[C@H]2O[C@@H]2O[C@H](C(=O)O)[C@@H](O)[C@H](O)[C@H]2O)CC[C@]2(C=O)[C@H]3CC=C4[C@@H]5C[C@@](C)(C(=O)O)CC[C@]5(C)CC[C@@]4(C)[C@]3(C)CC[C@@H]12. The van der Waals surface area contributed by atoms with Gasteiger partial charge in [-0.15, -0.1) is 0 Å². The number of aliphatic hydroxyl groups is 5. The molecule has 4 saturated carbocycles. The molecule has 6 fully saturated rings. The van der Waals surface area contributed by atoms with E-state index in [-0.39, 0.29) is 34.0 Å². The third-order valence-electron chi connectivity index (χ3n) is 17.3. The lowest BCUT2D eigenvalue weighted by Crippen LogP contribution is -2.68. The molecular weight excluding hydrogens is 760 g/mol. The number of allylic oxidation sites excluding steroid dienone is 2. The van der Waals surface area contributed by atoms with Crippen molar-refractivity contribution in [3.8, 4) is 0 Å². The predicted octanol–water partition coefficient (Wildman–Crippen LogP) is 2.25. The number of hydrogen-bond acceptors (Lipinski definition) is 13. The summed E-state index contributed by atoms with van der Waals surface area (Å²) in [6.07, 6.45) is -9.97. The fourth-order valence-electron chi connectivity index (χ4n) is 13.3. The van der Waals surface area contributed by atoms with Gasteiger partial charge in [-0.1, -0.05) is 46.3 Å². The zero-order chi connectivity index (χ0) is 42.7. The minimum absolute atomic E-state index is 0.00664. The topological polar surface area (TPSA) is 267 Å². The zero-order valence-corrected chi connectivity index (χ0v) is 34.2. The van der Waals surface area contributed by atoms with Gasteiger partial charge < -0.3 is 64.6 Å². The molecular formula is C42H62O16. The van der Waals surface area contributed by atoms with E-state index in [4.69, 9.17) is 18.9 Å². The molecule has 0 spiro atoms. The number of rotatable bonds is 8. The summed E-state index contributed by atoms with van der Waals surface area (Å²) in [6.45, 7) is 12.8. The van der Waals surface area contributed by atoms with Gasteiger partial charge in [0.05, 0.1) is 11.5 Å². The largest absolute Gasteiger partial charge is 0.481 e. The normalized spacial score (nSPS) is 52.4. The molecule has 0 aromatic carbocycles. The van der Waals surface area contributed by atoms with Gasteiger partial charge in [0.25, 0.3) is 0 Å². The van der Waals surface area contributed by atoms with Crippen molar-refractivity contribution in [3.63, 3.8) is 0 Å². The molecule has 2 saturated heterocycles. The van der Waals surface area contributed by atoms with Crippen molar-refractivity contribution in [1.82, 2.24) is 0 Å². The summed E-state index contributed by atoms with van der Waals surface area (Å²) in [5.41, 5.74) is -1.50. The molecule has 0 bridgehead atoms. The molecule has 16 nitrogen and oxygen atoms in total. The van der Waals surface area contributed by atoms with E-state index in [2.05, 4.69) is 26.8 Å². The van der Waals surface area contributed by atoms with Crippen molar-refractivity contribution in [3.05, 3.63) is 11.6 Å². The van der Waals surface area contributed by atoms with Crippen LogP contribution in [0.1, 0.15) is 106 Å². The lowest BCUT2D eigenvalue weighted by molar-refractivity contribution is -0.371. The van der Waals surface area contributed by atoms with Crippen molar-refractivity contribution < 1.29 is 79.0 Å². The van der Waals surface area contributed by atoms with E-state index in [1.54, 1.807) is 0 Å². The van der Waals surface area contributed by atoms with Crippen molar-refractivity contribution in [2.45, 2.75) is 173 Å². The maximum atomic E-state index is 13.8. The van der Waals surface area contributed by atoms with Crippen LogP contribution in [0, 0.1) is 50.2 Å². The fourth-order valence-corrected chi connectivity index (χ4v) is 13.3. The highest BCUT2D eigenvalue weighted by Crippen LogP contribution is 2.75. The number of carboxylic acid groups (broad SMARTS) is 3. The lowest BCUT2D eigenvalue weighted by Gasteiger charge is -2.70. The highest BCUT2D eigenvalue weighted by molar-refractivity contribution is 5.75. The van der Waals surface area contributed by atoms with Crippen molar-refractivity contribution in [2.75, 3.05) is 0 Å². The Morgan fingerprint density at radius 2 is 1.31 bits per heavy atom. The molecule has 2 aliphatic heterocycles. The number of carbonyl (C=O) groups is 4. The number of carbonyl (C=O) groups excluding carboxylic acids is 1. The van der Waals surface area contributed by atoms with Crippen LogP contribution in [0.4, 0.5) is 0 Å². The molecule has 2 heterocycles. The molecule has 5 aliphatic carbocycles. The first-order valence-corrected chi connectivity index (χ1v) is 20.8.